The Bertz CT molecular complexity index is 473. The number of hydrogen-bond donors (Lipinski definition) is 5. The van der Waals surface area contributed by atoms with Gasteiger partial charge in [-0.2, -0.15) is 5.43 Å². The highest BCUT2D eigenvalue weighted by molar-refractivity contribution is 5.46. The molecule has 0 saturated heterocycles. The normalized spacial score (nSPS) is 11.8. The van der Waals surface area contributed by atoms with Crippen LogP contribution in [0.3, 0.4) is 0 Å². The maximum absolute atomic E-state index is 9.68. The molecule has 0 spiro atoms. The lowest BCUT2D eigenvalue weighted by Gasteiger charge is -2.17. The van der Waals surface area contributed by atoms with Gasteiger partial charge in [0.2, 0.25) is 0 Å². The lowest BCUT2D eigenvalue weighted by Crippen LogP contribution is -2.39. The molecule has 18 heavy (non-hydrogen) atoms. The van der Waals surface area contributed by atoms with Gasteiger partial charge in [-0.25, -0.2) is 0 Å². The highest BCUT2D eigenvalue weighted by Crippen LogP contribution is 2.12. The molecule has 0 heterocycles. The van der Waals surface area contributed by atoms with Crippen LogP contribution < -0.4 is 16.2 Å². The minimum absolute atomic E-state index is 0.198. The molecule has 0 amide bonds. The summed E-state index contributed by atoms with van der Waals surface area (Å²) in [6.45, 7) is 0. The van der Waals surface area contributed by atoms with Crippen molar-refractivity contribution in [3.8, 4) is 5.75 Å². The van der Waals surface area contributed by atoms with Crippen molar-refractivity contribution in [3.05, 3.63) is 54.6 Å². The van der Waals surface area contributed by atoms with Crippen LogP contribution >= 0.6 is 0 Å². The number of phenols is 1. The van der Waals surface area contributed by atoms with E-state index >= 15 is 0 Å². The molecule has 1 unspecified atom stereocenters. The van der Waals surface area contributed by atoms with Crippen LogP contribution in [0.5, 0.6) is 5.75 Å². The molecule has 0 fully saturated rings. The van der Waals surface area contributed by atoms with Gasteiger partial charge in [0.15, 0.2) is 6.35 Å². The Morgan fingerprint density at radius 3 is 2.17 bits per heavy atom. The van der Waals surface area contributed by atoms with Crippen molar-refractivity contribution in [2.75, 3.05) is 10.7 Å². The Labute approximate surface area is 105 Å². The van der Waals surface area contributed by atoms with Crippen molar-refractivity contribution in [2.45, 2.75) is 6.35 Å². The second-order valence-electron chi connectivity index (χ2n) is 3.73. The summed E-state index contributed by atoms with van der Waals surface area (Å²) < 4.78 is 0. The van der Waals surface area contributed by atoms with E-state index in [0.29, 0.717) is 0 Å². The van der Waals surface area contributed by atoms with E-state index < -0.39 is 6.35 Å². The fourth-order valence-corrected chi connectivity index (χ4v) is 1.42. The molecule has 5 N–H and O–H groups in total. The summed E-state index contributed by atoms with van der Waals surface area (Å²) in [6, 6.07) is 15.9. The van der Waals surface area contributed by atoms with Crippen molar-refractivity contribution < 1.29 is 10.2 Å². The van der Waals surface area contributed by atoms with E-state index in [-0.39, 0.29) is 5.75 Å². The van der Waals surface area contributed by atoms with Gasteiger partial charge in [-0.05, 0) is 36.4 Å². The second kappa shape index (κ2) is 5.90. The summed E-state index contributed by atoms with van der Waals surface area (Å²) in [5.74, 6) is 0.198. The lowest BCUT2D eigenvalue weighted by molar-refractivity contribution is 0.175. The molecule has 94 valence electrons. The lowest BCUT2D eigenvalue weighted by atomic mass is 10.3. The number of aliphatic hydroxyl groups excluding tert-OH is 1. The van der Waals surface area contributed by atoms with Crippen molar-refractivity contribution in [3.63, 3.8) is 0 Å². The zero-order chi connectivity index (χ0) is 12.8. The highest BCUT2D eigenvalue weighted by Gasteiger charge is 2.01. The number of hydrazine groups is 1. The molecular formula is C13H15N3O2. The van der Waals surface area contributed by atoms with E-state index in [0.717, 1.165) is 11.4 Å². The Morgan fingerprint density at radius 2 is 1.50 bits per heavy atom. The van der Waals surface area contributed by atoms with Crippen LogP contribution in [-0.2, 0) is 0 Å². The van der Waals surface area contributed by atoms with Gasteiger partial charge in [-0.3, -0.25) is 0 Å². The van der Waals surface area contributed by atoms with Crippen molar-refractivity contribution in [2.24, 2.45) is 0 Å². The first kappa shape index (κ1) is 12.2. The molecule has 0 aliphatic rings. The molecular weight excluding hydrogens is 230 g/mol. The SMILES string of the molecule is Oc1ccc(NNC(O)Nc2ccccc2)cc1. The Kier molecular flexibility index (Phi) is 4.01. The highest BCUT2D eigenvalue weighted by atomic mass is 16.3. The van der Waals surface area contributed by atoms with Gasteiger partial charge in [0.25, 0.3) is 0 Å². The van der Waals surface area contributed by atoms with E-state index in [4.69, 9.17) is 5.11 Å². The van der Waals surface area contributed by atoms with Gasteiger partial charge in [-0.15, -0.1) is 0 Å². The summed E-state index contributed by atoms with van der Waals surface area (Å²) in [4.78, 5) is 0. The third kappa shape index (κ3) is 3.65. The minimum Gasteiger partial charge on any atom is -0.508 e. The Hall–Kier alpha value is -2.24. The van der Waals surface area contributed by atoms with Crippen LogP contribution in [0.25, 0.3) is 0 Å². The predicted molar refractivity (Wildman–Crippen MR) is 70.9 cm³/mol. The number of phenolic OH excluding ortho intramolecular Hbond substituents is 1. The summed E-state index contributed by atoms with van der Waals surface area (Å²) in [5, 5.41) is 21.7. The molecule has 0 bridgehead atoms. The van der Waals surface area contributed by atoms with Crippen LogP contribution in [0.2, 0.25) is 0 Å². The fraction of sp³-hybridized carbons (Fsp3) is 0.0769. The molecule has 5 nitrogen and oxygen atoms in total. The van der Waals surface area contributed by atoms with Gasteiger partial charge in [-0.1, -0.05) is 18.2 Å². The van der Waals surface area contributed by atoms with E-state index in [9.17, 15) is 5.11 Å². The van der Waals surface area contributed by atoms with Gasteiger partial charge in [0, 0.05) is 11.4 Å². The van der Waals surface area contributed by atoms with Crippen molar-refractivity contribution in [1.29, 1.82) is 0 Å². The monoisotopic (exact) mass is 245 g/mol. The molecule has 2 aromatic carbocycles. The molecule has 2 aromatic rings. The minimum atomic E-state index is -0.929. The molecule has 0 saturated carbocycles. The molecule has 0 aromatic heterocycles. The average molecular weight is 245 g/mol. The zero-order valence-corrected chi connectivity index (χ0v) is 9.67. The maximum atomic E-state index is 9.68. The topological polar surface area (TPSA) is 76.5 Å². The number of aliphatic hydroxyl groups is 1. The number of hydrogen-bond acceptors (Lipinski definition) is 5. The maximum Gasteiger partial charge on any atom is 0.198 e. The second-order valence-corrected chi connectivity index (χ2v) is 3.73. The van der Waals surface area contributed by atoms with Crippen LogP contribution in [0.1, 0.15) is 0 Å². The Morgan fingerprint density at radius 1 is 0.833 bits per heavy atom. The number of anilines is 2. The first-order chi connectivity index (χ1) is 8.74. The van der Waals surface area contributed by atoms with Crippen LogP contribution in [0, 0.1) is 0 Å². The molecule has 0 aliphatic heterocycles. The van der Waals surface area contributed by atoms with Gasteiger partial charge < -0.3 is 21.0 Å². The van der Waals surface area contributed by atoms with Crippen LogP contribution in [-0.4, -0.2) is 16.6 Å². The van der Waals surface area contributed by atoms with Crippen molar-refractivity contribution in [1.82, 2.24) is 5.43 Å². The fourth-order valence-electron chi connectivity index (χ4n) is 1.42. The van der Waals surface area contributed by atoms with Crippen LogP contribution in [0.15, 0.2) is 54.6 Å². The number of nitrogens with one attached hydrogen (secondary N) is 3. The van der Waals surface area contributed by atoms with Gasteiger partial charge >= 0.3 is 0 Å². The van der Waals surface area contributed by atoms with E-state index in [2.05, 4.69) is 16.2 Å². The summed E-state index contributed by atoms with van der Waals surface area (Å²) in [6.07, 6.45) is -0.929. The largest absolute Gasteiger partial charge is 0.508 e. The molecule has 2 rings (SSSR count). The first-order valence-corrected chi connectivity index (χ1v) is 5.54. The average Bonchev–Trinajstić information content (AvgIpc) is 2.39. The van der Waals surface area contributed by atoms with E-state index in [1.165, 1.54) is 0 Å². The smallest absolute Gasteiger partial charge is 0.198 e. The van der Waals surface area contributed by atoms with Gasteiger partial charge in [0.05, 0.1) is 0 Å². The third-order valence-electron chi connectivity index (χ3n) is 2.30. The molecule has 0 radical (unpaired) electrons. The number of para-hydroxylation sites is 1. The molecule has 1 atom stereocenters. The van der Waals surface area contributed by atoms with Gasteiger partial charge in [0.1, 0.15) is 5.75 Å². The number of aromatic hydroxyl groups is 1. The van der Waals surface area contributed by atoms with Crippen LogP contribution in [0.4, 0.5) is 11.4 Å². The number of benzene rings is 2. The third-order valence-corrected chi connectivity index (χ3v) is 2.30. The number of rotatable bonds is 5. The van der Waals surface area contributed by atoms with E-state index in [1.807, 2.05) is 30.3 Å². The Balaban J connectivity index is 1.81. The molecule has 0 aliphatic carbocycles. The van der Waals surface area contributed by atoms with Crippen molar-refractivity contribution >= 4 is 11.4 Å². The summed E-state index contributed by atoms with van der Waals surface area (Å²) >= 11 is 0. The zero-order valence-electron chi connectivity index (χ0n) is 9.67. The summed E-state index contributed by atoms with van der Waals surface area (Å²) in [7, 11) is 0. The summed E-state index contributed by atoms with van der Waals surface area (Å²) in [5.41, 5.74) is 7.05. The first-order valence-electron chi connectivity index (χ1n) is 5.54. The predicted octanol–water partition coefficient (Wildman–Crippen LogP) is 1.70. The quantitative estimate of drug-likeness (QED) is 0.315. The standard InChI is InChI=1S/C13H15N3O2/c17-12-8-6-11(7-9-12)15-16-13(18)14-10-4-2-1-3-5-10/h1-9,13-18H. The molecule has 5 heteroatoms. The van der Waals surface area contributed by atoms with E-state index in [1.54, 1.807) is 24.3 Å².